The minimum absolute atomic E-state index is 0.147. The van der Waals surface area contributed by atoms with Crippen LogP contribution >= 0.6 is 0 Å². The molecule has 3 aromatic carbocycles. The maximum absolute atomic E-state index is 6.44. The molecule has 5 rings (SSSR count). The molecule has 0 bridgehead atoms. The summed E-state index contributed by atoms with van der Waals surface area (Å²) in [5.41, 5.74) is 3.48. The van der Waals surface area contributed by atoms with Crippen LogP contribution in [0.25, 0.3) is 10.8 Å². The Balaban J connectivity index is 1.09. The van der Waals surface area contributed by atoms with Crippen LogP contribution in [0.3, 0.4) is 0 Å². The first-order chi connectivity index (χ1) is 17.8. The Kier molecular flexibility index (Phi) is 8.58. The molecular weight excluding hydrogens is 448 g/mol. The molecule has 4 aromatic rings. The second-order valence-electron chi connectivity index (χ2n) is 9.27. The van der Waals surface area contributed by atoms with E-state index in [1.54, 1.807) is 6.20 Å². The summed E-state index contributed by atoms with van der Waals surface area (Å²) in [7, 11) is 0. The fraction of sp³-hybridized carbons (Fsp3) is 0.323. The van der Waals surface area contributed by atoms with Crippen molar-refractivity contribution >= 4 is 10.8 Å². The molecule has 2 unspecified atom stereocenters. The van der Waals surface area contributed by atoms with E-state index in [9.17, 15) is 0 Å². The van der Waals surface area contributed by atoms with Gasteiger partial charge in [0.05, 0.1) is 38.2 Å². The quantitative estimate of drug-likeness (QED) is 0.271. The molecule has 1 N–H and O–H groups in total. The third-order valence-corrected chi connectivity index (χ3v) is 6.69. The van der Waals surface area contributed by atoms with Gasteiger partial charge in [0, 0.05) is 25.1 Å². The molecule has 1 aliphatic rings. The standard InChI is InChI=1S/C31H34N2O3/c1-2-7-27-20-24(9-10-25(27)6-1)22-36-31-21-32-17-15-30(31)26-11-13-29(14-12-26)35-19-5-18-34-23-28-8-3-4-16-33-28/h1-4,6-14,16,20,30-32H,5,15,17-19,21-23H2. The van der Waals surface area contributed by atoms with Gasteiger partial charge < -0.3 is 19.5 Å². The van der Waals surface area contributed by atoms with E-state index in [2.05, 4.69) is 77.0 Å². The second-order valence-corrected chi connectivity index (χ2v) is 9.27. The van der Waals surface area contributed by atoms with Crippen LogP contribution in [0.4, 0.5) is 0 Å². The Hall–Kier alpha value is -3.25. The van der Waals surface area contributed by atoms with Crippen molar-refractivity contribution in [2.24, 2.45) is 0 Å². The lowest BCUT2D eigenvalue weighted by atomic mass is 9.87. The van der Waals surface area contributed by atoms with Crippen molar-refractivity contribution in [2.45, 2.75) is 38.1 Å². The molecule has 5 nitrogen and oxygen atoms in total. The highest BCUT2D eigenvalue weighted by molar-refractivity contribution is 5.82. The van der Waals surface area contributed by atoms with Crippen LogP contribution in [0.15, 0.2) is 91.1 Å². The maximum atomic E-state index is 6.44. The van der Waals surface area contributed by atoms with E-state index in [0.717, 1.165) is 37.4 Å². The van der Waals surface area contributed by atoms with Crippen molar-refractivity contribution in [3.8, 4) is 5.75 Å². The number of hydrogen-bond acceptors (Lipinski definition) is 5. The van der Waals surface area contributed by atoms with Crippen molar-refractivity contribution in [1.29, 1.82) is 0 Å². The Bertz CT molecular complexity index is 1210. The topological polar surface area (TPSA) is 52.6 Å². The van der Waals surface area contributed by atoms with Crippen LogP contribution in [-0.2, 0) is 22.7 Å². The van der Waals surface area contributed by atoms with Crippen LogP contribution in [0.2, 0.25) is 0 Å². The second kappa shape index (κ2) is 12.6. The molecule has 0 spiro atoms. The van der Waals surface area contributed by atoms with Gasteiger partial charge in [0.25, 0.3) is 0 Å². The molecule has 5 heteroatoms. The first-order valence-electron chi connectivity index (χ1n) is 12.9. The zero-order valence-electron chi connectivity index (χ0n) is 20.6. The number of piperidine rings is 1. The summed E-state index contributed by atoms with van der Waals surface area (Å²) in [6.07, 6.45) is 3.84. The van der Waals surface area contributed by atoms with E-state index in [4.69, 9.17) is 14.2 Å². The number of hydrogen-bond donors (Lipinski definition) is 1. The van der Waals surface area contributed by atoms with Gasteiger partial charge in [0.15, 0.2) is 0 Å². The van der Waals surface area contributed by atoms with Crippen molar-refractivity contribution in [3.63, 3.8) is 0 Å². The van der Waals surface area contributed by atoms with Crippen molar-refractivity contribution in [3.05, 3.63) is 108 Å². The van der Waals surface area contributed by atoms with Gasteiger partial charge >= 0.3 is 0 Å². The number of nitrogens with one attached hydrogen (secondary N) is 1. The van der Waals surface area contributed by atoms with Gasteiger partial charge in [-0.2, -0.15) is 0 Å². The van der Waals surface area contributed by atoms with E-state index in [0.29, 0.717) is 32.3 Å². The lowest BCUT2D eigenvalue weighted by molar-refractivity contribution is 0.0106. The molecule has 1 saturated heterocycles. The van der Waals surface area contributed by atoms with Crippen molar-refractivity contribution < 1.29 is 14.2 Å². The minimum Gasteiger partial charge on any atom is -0.494 e. The number of rotatable bonds is 11. The van der Waals surface area contributed by atoms with E-state index in [-0.39, 0.29) is 6.10 Å². The Morgan fingerprint density at radius 3 is 2.56 bits per heavy atom. The first kappa shape index (κ1) is 24.4. The highest BCUT2D eigenvalue weighted by Crippen LogP contribution is 2.30. The summed E-state index contributed by atoms with van der Waals surface area (Å²) in [5.74, 6) is 1.27. The Morgan fingerprint density at radius 1 is 0.833 bits per heavy atom. The summed E-state index contributed by atoms with van der Waals surface area (Å²) in [5, 5.41) is 6.02. The highest BCUT2D eigenvalue weighted by atomic mass is 16.5. The molecule has 0 aliphatic carbocycles. The molecule has 36 heavy (non-hydrogen) atoms. The molecule has 186 valence electrons. The lowest BCUT2D eigenvalue weighted by Gasteiger charge is -2.32. The van der Waals surface area contributed by atoms with Gasteiger partial charge in [-0.25, -0.2) is 0 Å². The average molecular weight is 483 g/mol. The summed E-state index contributed by atoms with van der Waals surface area (Å²) in [6.45, 7) is 4.33. The molecule has 2 atom stereocenters. The SMILES string of the molecule is c1ccc(COCCCOc2ccc(C3CCNCC3OCc3ccc4ccccc4c3)cc2)nc1. The largest absolute Gasteiger partial charge is 0.494 e. The van der Waals surface area contributed by atoms with E-state index in [1.807, 2.05) is 18.2 Å². The number of fused-ring (bicyclic) bond motifs is 1. The molecule has 1 fully saturated rings. The summed E-state index contributed by atoms with van der Waals surface area (Å²) < 4.78 is 18.0. The zero-order chi connectivity index (χ0) is 24.4. The summed E-state index contributed by atoms with van der Waals surface area (Å²) in [4.78, 5) is 4.26. The molecule has 0 amide bonds. The fourth-order valence-corrected chi connectivity index (χ4v) is 4.74. The van der Waals surface area contributed by atoms with Gasteiger partial charge in [-0.3, -0.25) is 4.98 Å². The third-order valence-electron chi connectivity index (χ3n) is 6.69. The average Bonchev–Trinajstić information content (AvgIpc) is 2.95. The van der Waals surface area contributed by atoms with Gasteiger partial charge in [0.1, 0.15) is 5.75 Å². The number of nitrogens with zero attached hydrogens (tertiary/aromatic N) is 1. The van der Waals surface area contributed by atoms with Gasteiger partial charge in [-0.15, -0.1) is 0 Å². The predicted octanol–water partition coefficient (Wildman–Crippen LogP) is 5.88. The third kappa shape index (κ3) is 6.70. The summed E-state index contributed by atoms with van der Waals surface area (Å²) >= 11 is 0. The predicted molar refractivity (Wildman–Crippen MR) is 143 cm³/mol. The van der Waals surface area contributed by atoms with Crippen LogP contribution in [0.1, 0.15) is 35.6 Å². The van der Waals surface area contributed by atoms with Crippen molar-refractivity contribution in [2.75, 3.05) is 26.3 Å². The van der Waals surface area contributed by atoms with Gasteiger partial charge in [-0.1, -0.05) is 54.6 Å². The molecule has 2 heterocycles. The highest BCUT2D eigenvalue weighted by Gasteiger charge is 2.27. The monoisotopic (exact) mass is 482 g/mol. The van der Waals surface area contributed by atoms with Crippen LogP contribution < -0.4 is 10.1 Å². The van der Waals surface area contributed by atoms with Gasteiger partial charge in [-0.05, 0) is 65.2 Å². The lowest BCUT2D eigenvalue weighted by Crippen LogP contribution is -2.40. The zero-order valence-corrected chi connectivity index (χ0v) is 20.6. The van der Waals surface area contributed by atoms with Crippen molar-refractivity contribution in [1.82, 2.24) is 10.3 Å². The molecule has 0 saturated carbocycles. The van der Waals surface area contributed by atoms with Gasteiger partial charge in [0.2, 0.25) is 0 Å². The number of ether oxygens (including phenoxy) is 3. The normalized spacial score (nSPS) is 17.8. The first-order valence-corrected chi connectivity index (χ1v) is 12.9. The van der Waals surface area contributed by atoms with E-state index in [1.165, 1.54) is 21.9 Å². The minimum atomic E-state index is 0.147. The van der Waals surface area contributed by atoms with Crippen LogP contribution in [0.5, 0.6) is 5.75 Å². The Labute approximate surface area is 213 Å². The van der Waals surface area contributed by atoms with Crippen LogP contribution in [0, 0.1) is 0 Å². The number of benzene rings is 3. The molecular formula is C31H34N2O3. The molecule has 0 radical (unpaired) electrons. The van der Waals surface area contributed by atoms with Crippen LogP contribution in [-0.4, -0.2) is 37.4 Å². The number of pyridine rings is 1. The smallest absolute Gasteiger partial charge is 0.119 e. The summed E-state index contributed by atoms with van der Waals surface area (Å²) in [6, 6.07) is 29.4. The fourth-order valence-electron chi connectivity index (χ4n) is 4.74. The maximum Gasteiger partial charge on any atom is 0.119 e. The van der Waals surface area contributed by atoms with E-state index >= 15 is 0 Å². The number of aromatic nitrogens is 1. The van der Waals surface area contributed by atoms with E-state index < -0.39 is 0 Å². The molecule has 1 aliphatic heterocycles. The molecule has 1 aromatic heterocycles. The Morgan fingerprint density at radius 2 is 1.69 bits per heavy atom.